The number of hydrogen-bond donors (Lipinski definition) is 0. The Balaban J connectivity index is -0.00000000300. The van der Waals surface area contributed by atoms with Crippen LogP contribution in [0.1, 0.15) is 0 Å². The Hall–Kier alpha value is 3.19. The second-order valence-corrected chi connectivity index (χ2v) is 0.671. The second-order valence-electron chi connectivity index (χ2n) is 0.224. The van der Waals surface area contributed by atoms with E-state index in [-0.39, 0.29) is 105 Å². The van der Waals surface area contributed by atoms with E-state index >= 15 is 0 Å². The van der Waals surface area contributed by atoms with Gasteiger partial charge in [0.25, 0.3) is 0 Å². The molecule has 0 atom stereocenters. The van der Waals surface area contributed by atoms with E-state index in [0.29, 0.717) is 0 Å². The first kappa shape index (κ1) is 51.2. The quantitative estimate of drug-likeness (QED) is 0.281. The monoisotopic (exact) mass is 202 g/mol. The summed E-state index contributed by atoms with van der Waals surface area (Å²) in [6, 6.07) is 0. The smallest absolute Gasteiger partial charge is 0.854 e. The fourth-order valence-corrected chi connectivity index (χ4v) is 0. The number of rotatable bonds is 0. The Kier molecular flexibility index (Phi) is 204. The van der Waals surface area contributed by atoms with Crippen molar-refractivity contribution >= 4 is 8.60 Å². The van der Waals surface area contributed by atoms with Crippen LogP contribution in [0.3, 0.4) is 0 Å². The van der Waals surface area contributed by atoms with Crippen molar-refractivity contribution in [1.29, 1.82) is 0 Å². The van der Waals surface area contributed by atoms with Crippen LogP contribution in [0.2, 0.25) is 0 Å². The molecule has 0 aromatic heterocycles. The zero-order valence-electron chi connectivity index (χ0n) is 6.17. The fourth-order valence-electron chi connectivity index (χ4n) is 0. The van der Waals surface area contributed by atoms with E-state index in [1.165, 1.54) is 0 Å². The minimum absolute atomic E-state index is 0. The molecule has 0 bridgehead atoms. The van der Waals surface area contributed by atoms with E-state index in [2.05, 4.69) is 0 Å². The van der Waals surface area contributed by atoms with Gasteiger partial charge in [0.1, 0.15) is 0 Å². The van der Waals surface area contributed by atoms with Gasteiger partial charge in [-0.05, 0) is 0 Å². The predicted molar refractivity (Wildman–Crippen MR) is 17.8 cm³/mol. The topological polar surface area (TPSA) is 164 Å². The maximum absolute atomic E-state index is 8.48. The molecule has 0 aliphatic rings. The fraction of sp³-hybridized carbons (Fsp3) is 0. The second kappa shape index (κ2) is 39.8. The van der Waals surface area contributed by atoms with Gasteiger partial charge in [0.05, 0.1) is 0 Å². The van der Waals surface area contributed by atoms with E-state index < -0.39 is 8.60 Å². The van der Waals surface area contributed by atoms with Crippen molar-refractivity contribution in [3.05, 3.63) is 0 Å². The normalized spacial score (nSPS) is 3.60. The molecule has 0 aliphatic heterocycles. The molecule has 10 heavy (non-hydrogen) atoms. The Morgan fingerprint density at radius 2 is 0.600 bits per heavy atom. The minimum Gasteiger partial charge on any atom is -0.854 e. The van der Waals surface area contributed by atoms with E-state index in [0.717, 1.165) is 0 Å². The van der Waals surface area contributed by atoms with E-state index in [4.69, 9.17) is 14.7 Å². The molecule has 0 spiro atoms. The summed E-state index contributed by atoms with van der Waals surface area (Å²) >= 11 is 0. The van der Waals surface area contributed by atoms with Crippen LogP contribution < -0.4 is 103 Å². The van der Waals surface area contributed by atoms with Crippen LogP contribution in [-0.4, -0.2) is 16.4 Å². The van der Waals surface area contributed by atoms with Gasteiger partial charge in [-0.25, -0.2) is 0 Å². The van der Waals surface area contributed by atoms with Gasteiger partial charge in [0.15, 0.2) is 0 Å². The molecular formula is H6Na3O6P. The molecule has 6 nitrogen and oxygen atoms in total. The van der Waals surface area contributed by atoms with E-state index in [9.17, 15) is 0 Å². The summed E-state index contributed by atoms with van der Waals surface area (Å²) in [5, 5.41) is 0. The summed E-state index contributed by atoms with van der Waals surface area (Å²) in [6.45, 7) is 0. The molecule has 0 saturated heterocycles. The minimum atomic E-state index is -3.37. The van der Waals surface area contributed by atoms with Gasteiger partial charge < -0.3 is 39.7 Å². The molecule has 0 radical (unpaired) electrons. The van der Waals surface area contributed by atoms with Crippen molar-refractivity contribution in [3.8, 4) is 0 Å². The van der Waals surface area contributed by atoms with Gasteiger partial charge in [-0.3, -0.25) is 0 Å². The molecule has 0 unspecified atom stereocenters. The summed E-state index contributed by atoms with van der Waals surface area (Å²) in [5.41, 5.74) is 0. The largest absolute Gasteiger partial charge is 1.00 e. The van der Waals surface area contributed by atoms with E-state index in [1.54, 1.807) is 0 Å². The van der Waals surface area contributed by atoms with Gasteiger partial charge in [-0.1, -0.05) is 0 Å². The van der Waals surface area contributed by atoms with Gasteiger partial charge in [0, 0.05) is 0 Å². The molecule has 0 heterocycles. The molecule has 0 saturated carbocycles. The summed E-state index contributed by atoms with van der Waals surface area (Å²) in [5.74, 6) is 0. The Morgan fingerprint density at radius 1 is 0.600 bits per heavy atom. The van der Waals surface area contributed by atoms with Crippen molar-refractivity contribution in [2.75, 3.05) is 0 Å². The van der Waals surface area contributed by atoms with Crippen LogP contribution in [0.5, 0.6) is 0 Å². The maximum Gasteiger partial charge on any atom is 1.00 e. The molecule has 10 heteroatoms. The molecule has 0 aromatic rings. The van der Waals surface area contributed by atoms with Gasteiger partial charge >= 0.3 is 88.7 Å². The molecule has 50 valence electrons. The van der Waals surface area contributed by atoms with Gasteiger partial charge in [0.2, 0.25) is 0 Å². The van der Waals surface area contributed by atoms with Crippen LogP contribution in [0.15, 0.2) is 0 Å². The summed E-state index contributed by atoms with van der Waals surface area (Å²) in [7, 11) is -3.37. The average molecular weight is 202 g/mol. The SMILES string of the molecule is O.O.O.[Na+].[Na+].[Na+].[O-]P([O-])[O-]. The third-order valence-electron chi connectivity index (χ3n) is 0. The summed E-state index contributed by atoms with van der Waals surface area (Å²) < 4.78 is 0. The van der Waals surface area contributed by atoms with Crippen LogP contribution in [-0.2, 0) is 0 Å². The molecule has 0 fully saturated rings. The van der Waals surface area contributed by atoms with Crippen molar-refractivity contribution in [2.45, 2.75) is 0 Å². The van der Waals surface area contributed by atoms with Gasteiger partial charge in [-0.2, -0.15) is 0 Å². The van der Waals surface area contributed by atoms with Crippen molar-refractivity contribution < 1.29 is 120 Å². The van der Waals surface area contributed by atoms with Crippen molar-refractivity contribution in [2.24, 2.45) is 0 Å². The van der Waals surface area contributed by atoms with Crippen molar-refractivity contribution in [3.63, 3.8) is 0 Å². The Morgan fingerprint density at radius 3 is 0.600 bits per heavy atom. The Bertz CT molecular complexity index is 17.7. The van der Waals surface area contributed by atoms with Crippen LogP contribution in [0.4, 0.5) is 0 Å². The average Bonchev–Trinajstić information content (AvgIpc) is 0.811. The maximum atomic E-state index is 8.48. The summed E-state index contributed by atoms with van der Waals surface area (Å²) in [6.07, 6.45) is 0. The predicted octanol–water partition coefficient (Wildman–Crippen LogP) is -14.2. The molecular weight excluding hydrogens is 196 g/mol. The van der Waals surface area contributed by atoms with E-state index in [1.807, 2.05) is 0 Å². The van der Waals surface area contributed by atoms with Crippen molar-refractivity contribution in [1.82, 2.24) is 0 Å². The van der Waals surface area contributed by atoms with Crippen LogP contribution in [0, 0.1) is 0 Å². The molecule has 0 amide bonds. The van der Waals surface area contributed by atoms with Crippen LogP contribution in [0.25, 0.3) is 0 Å². The zero-order valence-corrected chi connectivity index (χ0v) is 13.1. The van der Waals surface area contributed by atoms with Gasteiger partial charge in [-0.15, -0.1) is 0 Å². The number of hydrogen-bond acceptors (Lipinski definition) is 3. The first-order valence-electron chi connectivity index (χ1n) is 0.548. The molecule has 0 rings (SSSR count). The molecule has 6 N–H and O–H groups in total. The summed E-state index contributed by atoms with van der Waals surface area (Å²) in [4.78, 5) is 25.4. The first-order chi connectivity index (χ1) is 1.73. The van der Waals surface area contributed by atoms with Crippen LogP contribution >= 0.6 is 8.60 Å². The third-order valence-corrected chi connectivity index (χ3v) is 0. The zero-order chi connectivity index (χ0) is 3.58. The molecule has 0 aliphatic carbocycles. The third kappa shape index (κ3) is 114. The molecule has 0 aromatic carbocycles. The Labute approximate surface area is 126 Å². The first-order valence-corrected chi connectivity index (χ1v) is 1.64. The standard InChI is InChI=1S/3Na.O3P.3H2O/c;;;1-4(2)3;;;/h;;;;3*1H2/q3*+1;-3;;;.